The third kappa shape index (κ3) is 2.66. The predicted molar refractivity (Wildman–Crippen MR) is 46.8 cm³/mol. The topological polar surface area (TPSA) is 12.9 Å². The molecule has 0 bridgehead atoms. The Morgan fingerprint density at radius 1 is 1.31 bits per heavy atom. The van der Waals surface area contributed by atoms with Gasteiger partial charge in [0.15, 0.2) is 0 Å². The molecule has 0 atom stereocenters. The third-order valence-corrected chi connectivity index (χ3v) is 2.29. The lowest BCUT2D eigenvalue weighted by atomic mass is 10.2. The highest BCUT2D eigenvalue weighted by Gasteiger charge is 2.35. The summed E-state index contributed by atoms with van der Waals surface area (Å²) in [4.78, 5) is 2.73. The molecule has 0 amide bonds. The molecule has 0 aliphatic rings. The summed E-state index contributed by atoms with van der Waals surface area (Å²) >= 11 is 2.71. The first kappa shape index (κ1) is 13.3. The molecule has 0 saturated carbocycles. The summed E-state index contributed by atoms with van der Waals surface area (Å²) < 4.78 is 74.3. The second-order valence-corrected chi connectivity index (χ2v) is 3.35. The highest BCUT2D eigenvalue weighted by atomic mass is 79.9. The van der Waals surface area contributed by atoms with Crippen molar-refractivity contribution in [1.82, 2.24) is 4.98 Å². The van der Waals surface area contributed by atoms with Crippen molar-refractivity contribution in [2.75, 3.05) is 0 Å². The van der Waals surface area contributed by atoms with Crippen LogP contribution in [0.15, 0.2) is 6.07 Å². The van der Waals surface area contributed by atoms with Crippen LogP contribution in [0.1, 0.15) is 23.4 Å². The fourth-order valence-electron chi connectivity index (χ4n) is 1.02. The number of nitrogens with zero attached hydrogens (tertiary/aromatic N) is 1. The van der Waals surface area contributed by atoms with E-state index in [-0.39, 0.29) is 11.4 Å². The van der Waals surface area contributed by atoms with E-state index < -0.39 is 35.4 Å². The minimum atomic E-state index is -4.95. The van der Waals surface area contributed by atoms with Crippen LogP contribution in [0.2, 0.25) is 0 Å². The van der Waals surface area contributed by atoms with Crippen LogP contribution in [-0.4, -0.2) is 4.98 Å². The summed E-state index contributed by atoms with van der Waals surface area (Å²) in [6.45, 7) is 0. The van der Waals surface area contributed by atoms with Gasteiger partial charge in [0.2, 0.25) is 0 Å². The number of hydrogen-bond acceptors (Lipinski definition) is 1. The van der Waals surface area contributed by atoms with Crippen molar-refractivity contribution < 1.29 is 26.3 Å². The largest absolute Gasteiger partial charge is 0.433 e. The maximum atomic E-state index is 13.1. The molecule has 1 aromatic heterocycles. The molecule has 0 fully saturated rings. The van der Waals surface area contributed by atoms with E-state index in [0.29, 0.717) is 0 Å². The molecule has 1 nitrogen and oxygen atoms in total. The van der Waals surface area contributed by atoms with Crippen LogP contribution in [0.3, 0.4) is 0 Å². The molecular formula is C8H4BrF6N. The van der Waals surface area contributed by atoms with Crippen molar-refractivity contribution in [3.05, 3.63) is 28.8 Å². The molecule has 0 spiro atoms. The van der Waals surface area contributed by atoms with Crippen LogP contribution >= 0.6 is 15.9 Å². The molecular weight excluding hydrogens is 304 g/mol. The molecule has 0 aliphatic heterocycles. The summed E-state index contributed by atoms with van der Waals surface area (Å²) in [6, 6.07) is 0.0997. The van der Waals surface area contributed by atoms with Crippen LogP contribution in [0.5, 0.6) is 0 Å². The second-order valence-electron chi connectivity index (χ2n) is 2.79. The maximum absolute atomic E-state index is 13.1. The maximum Gasteiger partial charge on any atom is 0.433 e. The van der Waals surface area contributed by atoms with Gasteiger partial charge >= 0.3 is 6.18 Å². The van der Waals surface area contributed by atoms with Gasteiger partial charge in [-0.3, -0.25) is 0 Å². The Balaban J connectivity index is 3.40. The number of aromatic nitrogens is 1. The van der Waals surface area contributed by atoms with Gasteiger partial charge < -0.3 is 0 Å². The van der Waals surface area contributed by atoms with Gasteiger partial charge in [0.05, 0.1) is 0 Å². The van der Waals surface area contributed by atoms with E-state index >= 15 is 0 Å². The van der Waals surface area contributed by atoms with Gasteiger partial charge in [0.1, 0.15) is 17.2 Å². The molecule has 0 radical (unpaired) electrons. The molecule has 1 aromatic rings. The van der Waals surface area contributed by atoms with Crippen molar-refractivity contribution >= 4 is 15.9 Å². The van der Waals surface area contributed by atoms with Crippen molar-refractivity contribution in [3.8, 4) is 0 Å². The molecule has 0 saturated heterocycles. The number of rotatable bonds is 2. The first-order valence-corrected chi connectivity index (χ1v) is 5.00. The lowest BCUT2D eigenvalue weighted by molar-refractivity contribution is -0.141. The highest BCUT2D eigenvalue weighted by molar-refractivity contribution is 9.08. The minimum absolute atomic E-state index is 0.0997. The minimum Gasteiger partial charge on any atom is -0.242 e. The first-order chi connectivity index (χ1) is 7.27. The van der Waals surface area contributed by atoms with Crippen molar-refractivity contribution in [3.63, 3.8) is 0 Å². The molecule has 1 heterocycles. The normalized spacial score (nSPS) is 12.2. The average Bonchev–Trinajstić information content (AvgIpc) is 2.14. The van der Waals surface area contributed by atoms with Crippen LogP contribution in [0.25, 0.3) is 0 Å². The monoisotopic (exact) mass is 307 g/mol. The SMILES string of the molecule is Fc1cc(C(F)(F)F)nc(C(F)F)c1CBr. The number of alkyl halides is 6. The Morgan fingerprint density at radius 3 is 2.25 bits per heavy atom. The summed E-state index contributed by atoms with van der Waals surface area (Å²) in [6.07, 6.45) is -8.21. The first-order valence-electron chi connectivity index (χ1n) is 3.88. The molecule has 0 N–H and O–H groups in total. The van der Waals surface area contributed by atoms with E-state index in [0.717, 1.165) is 0 Å². The van der Waals surface area contributed by atoms with Crippen molar-refractivity contribution in [2.45, 2.75) is 17.9 Å². The van der Waals surface area contributed by atoms with E-state index in [1.807, 2.05) is 0 Å². The van der Waals surface area contributed by atoms with E-state index in [4.69, 9.17) is 0 Å². The quantitative estimate of drug-likeness (QED) is 0.593. The number of pyridine rings is 1. The van der Waals surface area contributed by atoms with Crippen LogP contribution < -0.4 is 0 Å². The lowest BCUT2D eigenvalue weighted by Crippen LogP contribution is -2.13. The summed E-state index contributed by atoms with van der Waals surface area (Å²) in [5.41, 5.74) is -3.42. The van der Waals surface area contributed by atoms with Gasteiger partial charge in [-0.15, -0.1) is 0 Å². The predicted octanol–water partition coefficient (Wildman–Crippen LogP) is 4.07. The smallest absolute Gasteiger partial charge is 0.242 e. The number of hydrogen-bond donors (Lipinski definition) is 0. The van der Waals surface area contributed by atoms with Crippen molar-refractivity contribution in [2.24, 2.45) is 0 Å². The van der Waals surface area contributed by atoms with E-state index in [9.17, 15) is 26.3 Å². The zero-order valence-corrected chi connectivity index (χ0v) is 9.04. The molecule has 0 aromatic carbocycles. The Hall–Kier alpha value is -0.790. The van der Waals surface area contributed by atoms with Gasteiger partial charge in [0.25, 0.3) is 6.43 Å². The van der Waals surface area contributed by atoms with E-state index in [2.05, 4.69) is 20.9 Å². The summed E-state index contributed by atoms with van der Waals surface area (Å²) in [7, 11) is 0. The molecule has 8 heteroatoms. The average molecular weight is 308 g/mol. The Labute approximate surface area is 94.6 Å². The zero-order valence-electron chi connectivity index (χ0n) is 7.45. The van der Waals surface area contributed by atoms with Crippen LogP contribution in [0, 0.1) is 5.82 Å². The molecule has 16 heavy (non-hydrogen) atoms. The molecule has 0 aliphatic carbocycles. The van der Waals surface area contributed by atoms with Gasteiger partial charge in [0, 0.05) is 17.0 Å². The Bertz CT molecular complexity index is 389. The van der Waals surface area contributed by atoms with Gasteiger partial charge in [-0.05, 0) is 0 Å². The van der Waals surface area contributed by atoms with Crippen LogP contribution in [-0.2, 0) is 11.5 Å². The lowest BCUT2D eigenvalue weighted by Gasteiger charge is -2.11. The van der Waals surface area contributed by atoms with Gasteiger partial charge in [-0.2, -0.15) is 13.2 Å². The van der Waals surface area contributed by atoms with E-state index in [1.54, 1.807) is 0 Å². The fourth-order valence-corrected chi connectivity index (χ4v) is 1.57. The molecule has 0 unspecified atom stereocenters. The summed E-state index contributed by atoms with van der Waals surface area (Å²) in [5, 5.41) is -0.330. The molecule has 90 valence electrons. The summed E-state index contributed by atoms with van der Waals surface area (Å²) in [5.74, 6) is -1.35. The van der Waals surface area contributed by atoms with Gasteiger partial charge in [-0.1, -0.05) is 15.9 Å². The standard InChI is InChI=1S/C8H4BrF6N/c9-2-3-4(10)1-5(8(13,14)15)16-6(3)7(11)12/h1,7H,2H2. The highest BCUT2D eigenvalue weighted by Crippen LogP contribution is 2.32. The fraction of sp³-hybridized carbons (Fsp3) is 0.375. The Kier molecular flexibility index (Phi) is 3.82. The van der Waals surface area contributed by atoms with E-state index in [1.165, 1.54) is 0 Å². The number of halogens is 7. The zero-order chi connectivity index (χ0) is 12.5. The van der Waals surface area contributed by atoms with Crippen molar-refractivity contribution in [1.29, 1.82) is 0 Å². The Morgan fingerprint density at radius 2 is 1.88 bits per heavy atom. The third-order valence-electron chi connectivity index (χ3n) is 1.73. The van der Waals surface area contributed by atoms with Gasteiger partial charge in [-0.25, -0.2) is 18.2 Å². The second kappa shape index (κ2) is 4.60. The van der Waals surface area contributed by atoms with Crippen LogP contribution in [0.4, 0.5) is 26.3 Å². The molecule has 1 rings (SSSR count).